The highest BCUT2D eigenvalue weighted by Gasteiger charge is 2.50. The molecule has 2 saturated heterocycles. The van der Waals surface area contributed by atoms with Crippen molar-refractivity contribution in [3.63, 3.8) is 0 Å². The van der Waals surface area contributed by atoms with Gasteiger partial charge in [0.05, 0.1) is 25.2 Å². The molecular formula is C16H28O5. The fourth-order valence-corrected chi connectivity index (χ4v) is 2.86. The third-order valence-corrected chi connectivity index (χ3v) is 4.34. The number of carbonyl (C=O) groups excluding carboxylic acids is 1. The number of ether oxygens (including phenoxy) is 4. The summed E-state index contributed by atoms with van der Waals surface area (Å²) in [6.07, 6.45) is 2.32. The van der Waals surface area contributed by atoms with E-state index in [-0.39, 0.29) is 42.4 Å². The molecule has 0 radical (unpaired) electrons. The van der Waals surface area contributed by atoms with Crippen LogP contribution in [0, 0.1) is 5.92 Å². The van der Waals surface area contributed by atoms with Crippen molar-refractivity contribution in [1.82, 2.24) is 0 Å². The molecule has 0 aliphatic carbocycles. The zero-order chi connectivity index (χ0) is 15.4. The van der Waals surface area contributed by atoms with Crippen molar-refractivity contribution in [3.05, 3.63) is 0 Å². The van der Waals surface area contributed by atoms with Crippen LogP contribution in [0.25, 0.3) is 0 Å². The van der Waals surface area contributed by atoms with Gasteiger partial charge in [-0.25, -0.2) is 0 Å². The lowest BCUT2D eigenvalue weighted by atomic mass is 10.1. The second-order valence-electron chi connectivity index (χ2n) is 6.15. The molecule has 2 heterocycles. The Morgan fingerprint density at radius 1 is 1.14 bits per heavy atom. The molecule has 2 rings (SSSR count). The van der Waals surface area contributed by atoms with E-state index in [1.165, 1.54) is 0 Å². The molecular weight excluding hydrogens is 272 g/mol. The average Bonchev–Trinajstić information content (AvgIpc) is 3.03. The van der Waals surface area contributed by atoms with Crippen LogP contribution in [0.3, 0.4) is 0 Å². The van der Waals surface area contributed by atoms with Gasteiger partial charge in [0, 0.05) is 0 Å². The van der Waals surface area contributed by atoms with Crippen LogP contribution < -0.4 is 0 Å². The first kappa shape index (κ1) is 16.7. The summed E-state index contributed by atoms with van der Waals surface area (Å²) >= 11 is 0. The van der Waals surface area contributed by atoms with Crippen LogP contribution in [0.5, 0.6) is 0 Å². The Morgan fingerprint density at radius 3 is 2.38 bits per heavy atom. The van der Waals surface area contributed by atoms with Gasteiger partial charge in [-0.3, -0.25) is 4.79 Å². The largest absolute Gasteiger partial charge is 0.457 e. The minimum atomic E-state index is -0.299. The van der Waals surface area contributed by atoms with Gasteiger partial charge in [-0.05, 0) is 19.8 Å². The summed E-state index contributed by atoms with van der Waals surface area (Å²) in [4.78, 5) is 12.0. The number of esters is 1. The molecule has 0 aromatic rings. The predicted octanol–water partition coefficient (Wildman–Crippen LogP) is 2.32. The van der Waals surface area contributed by atoms with Crippen LogP contribution in [0.1, 0.15) is 47.0 Å². The van der Waals surface area contributed by atoms with Crippen molar-refractivity contribution in [2.24, 2.45) is 5.92 Å². The highest BCUT2D eigenvalue weighted by Crippen LogP contribution is 2.31. The van der Waals surface area contributed by atoms with E-state index in [0.717, 1.165) is 19.3 Å². The summed E-state index contributed by atoms with van der Waals surface area (Å²) in [5.74, 6) is -0.219. The maximum Gasteiger partial charge on any atom is 0.309 e. The summed E-state index contributed by atoms with van der Waals surface area (Å²) in [5.41, 5.74) is 0. The molecule has 0 bridgehead atoms. The van der Waals surface area contributed by atoms with Gasteiger partial charge in [0.1, 0.15) is 18.3 Å². The zero-order valence-corrected chi connectivity index (χ0v) is 13.5. The predicted molar refractivity (Wildman–Crippen MR) is 78.1 cm³/mol. The molecule has 0 aromatic carbocycles. The molecule has 2 aliphatic heterocycles. The van der Waals surface area contributed by atoms with E-state index in [1.807, 2.05) is 13.8 Å². The maximum atomic E-state index is 12.0. The highest BCUT2D eigenvalue weighted by molar-refractivity contribution is 5.72. The summed E-state index contributed by atoms with van der Waals surface area (Å²) in [7, 11) is 0. The zero-order valence-electron chi connectivity index (χ0n) is 13.5. The van der Waals surface area contributed by atoms with Gasteiger partial charge < -0.3 is 18.9 Å². The lowest BCUT2D eigenvalue weighted by Crippen LogP contribution is -2.36. The second-order valence-corrected chi connectivity index (χ2v) is 6.15. The van der Waals surface area contributed by atoms with Gasteiger partial charge in [-0.2, -0.15) is 0 Å². The summed E-state index contributed by atoms with van der Waals surface area (Å²) < 4.78 is 23.0. The fraction of sp³-hybridized carbons (Fsp3) is 0.938. The SMILES string of the molecule is CCCC(C)C(=O)OC1CO[C@@H]2C(OC(C)CC)CO[C@H]12. The molecule has 4 unspecified atom stereocenters. The number of fused-ring (bicyclic) bond motifs is 1. The molecule has 0 amide bonds. The molecule has 0 N–H and O–H groups in total. The van der Waals surface area contributed by atoms with E-state index in [9.17, 15) is 4.79 Å². The first-order chi connectivity index (χ1) is 10.1. The first-order valence-electron chi connectivity index (χ1n) is 8.15. The van der Waals surface area contributed by atoms with E-state index in [0.29, 0.717) is 13.2 Å². The fourth-order valence-electron chi connectivity index (χ4n) is 2.86. The van der Waals surface area contributed by atoms with Gasteiger partial charge in [-0.1, -0.05) is 27.2 Å². The molecule has 0 spiro atoms. The van der Waals surface area contributed by atoms with Crippen LogP contribution in [0.4, 0.5) is 0 Å². The smallest absolute Gasteiger partial charge is 0.309 e. The molecule has 5 heteroatoms. The van der Waals surface area contributed by atoms with Gasteiger partial charge >= 0.3 is 5.97 Å². The van der Waals surface area contributed by atoms with E-state index in [1.54, 1.807) is 0 Å². The van der Waals surface area contributed by atoms with Crippen LogP contribution in [-0.2, 0) is 23.7 Å². The molecule has 6 atom stereocenters. The topological polar surface area (TPSA) is 54.0 Å². The third-order valence-electron chi connectivity index (χ3n) is 4.34. The second kappa shape index (κ2) is 7.56. The summed E-state index contributed by atoms with van der Waals surface area (Å²) in [6, 6.07) is 0. The lowest BCUT2D eigenvalue weighted by Gasteiger charge is -2.20. The minimum Gasteiger partial charge on any atom is -0.457 e. The third kappa shape index (κ3) is 3.96. The van der Waals surface area contributed by atoms with Crippen molar-refractivity contribution >= 4 is 5.97 Å². The Hall–Kier alpha value is -0.650. The van der Waals surface area contributed by atoms with E-state index in [4.69, 9.17) is 18.9 Å². The average molecular weight is 300 g/mol. The first-order valence-corrected chi connectivity index (χ1v) is 8.15. The molecule has 122 valence electrons. The van der Waals surface area contributed by atoms with Gasteiger partial charge in [-0.15, -0.1) is 0 Å². The summed E-state index contributed by atoms with van der Waals surface area (Å²) in [6.45, 7) is 9.02. The van der Waals surface area contributed by atoms with Crippen molar-refractivity contribution in [2.75, 3.05) is 13.2 Å². The van der Waals surface area contributed by atoms with Crippen molar-refractivity contribution < 1.29 is 23.7 Å². The Morgan fingerprint density at radius 2 is 1.76 bits per heavy atom. The van der Waals surface area contributed by atoms with Gasteiger partial charge in [0.15, 0.2) is 6.10 Å². The minimum absolute atomic E-state index is 0.0540. The van der Waals surface area contributed by atoms with Gasteiger partial charge in [0.2, 0.25) is 0 Å². The standard InChI is InChI=1S/C16H28O5/c1-5-7-10(3)16(17)21-13-9-19-14-12(8-18-15(13)14)20-11(4)6-2/h10-15H,5-9H2,1-4H3/t10?,11?,12?,13?,14-,15-/m1/s1. The molecule has 21 heavy (non-hydrogen) atoms. The Balaban J connectivity index is 1.85. The molecule has 0 aromatic heterocycles. The number of hydrogen-bond donors (Lipinski definition) is 0. The van der Waals surface area contributed by atoms with Crippen LogP contribution in [-0.4, -0.2) is 49.7 Å². The Labute approximate surface area is 127 Å². The van der Waals surface area contributed by atoms with Gasteiger partial charge in [0.25, 0.3) is 0 Å². The normalized spacial score (nSPS) is 34.5. The van der Waals surface area contributed by atoms with E-state index < -0.39 is 0 Å². The van der Waals surface area contributed by atoms with Crippen molar-refractivity contribution in [1.29, 1.82) is 0 Å². The number of rotatable bonds is 7. The van der Waals surface area contributed by atoms with Crippen molar-refractivity contribution in [2.45, 2.75) is 77.5 Å². The molecule has 2 aliphatic rings. The van der Waals surface area contributed by atoms with Crippen LogP contribution in [0.2, 0.25) is 0 Å². The monoisotopic (exact) mass is 300 g/mol. The quantitative estimate of drug-likeness (QED) is 0.675. The number of carbonyl (C=O) groups is 1. The Kier molecular flexibility index (Phi) is 6.02. The summed E-state index contributed by atoms with van der Waals surface area (Å²) in [5, 5.41) is 0. The molecule has 5 nitrogen and oxygen atoms in total. The Bertz CT molecular complexity index is 346. The van der Waals surface area contributed by atoms with E-state index in [2.05, 4.69) is 13.8 Å². The van der Waals surface area contributed by atoms with Crippen LogP contribution >= 0.6 is 0 Å². The lowest BCUT2D eigenvalue weighted by molar-refractivity contribution is -0.158. The maximum absolute atomic E-state index is 12.0. The molecule has 2 fully saturated rings. The number of hydrogen-bond acceptors (Lipinski definition) is 5. The van der Waals surface area contributed by atoms with E-state index >= 15 is 0 Å². The molecule has 0 saturated carbocycles. The van der Waals surface area contributed by atoms with Crippen LogP contribution in [0.15, 0.2) is 0 Å². The highest BCUT2D eigenvalue weighted by atomic mass is 16.7. The van der Waals surface area contributed by atoms with Crippen molar-refractivity contribution in [3.8, 4) is 0 Å².